The summed E-state index contributed by atoms with van der Waals surface area (Å²) in [5, 5.41) is 6.44. The van der Waals surface area contributed by atoms with E-state index < -0.39 is 0 Å². The molecule has 0 saturated heterocycles. The molecule has 2 rings (SSSR count). The molecule has 0 amide bonds. The summed E-state index contributed by atoms with van der Waals surface area (Å²) in [7, 11) is 3.78. The largest absolute Gasteiger partial charge is 0.383 e. The first-order valence-corrected chi connectivity index (χ1v) is 7.95. The Hall–Kier alpha value is -1.43. The van der Waals surface area contributed by atoms with Gasteiger partial charge in [0.25, 0.3) is 0 Å². The minimum Gasteiger partial charge on any atom is -0.383 e. The third kappa shape index (κ3) is 4.27. The summed E-state index contributed by atoms with van der Waals surface area (Å²) in [6, 6.07) is 6.49. The fourth-order valence-corrected chi connectivity index (χ4v) is 3.01. The topological polar surface area (TPSA) is 37.4 Å². The van der Waals surface area contributed by atoms with Crippen LogP contribution in [0.1, 0.15) is 16.8 Å². The van der Waals surface area contributed by atoms with Crippen molar-refractivity contribution >= 4 is 22.2 Å². The molecule has 0 aliphatic carbocycles. The minimum atomic E-state index is 0.722. The average molecular weight is 305 g/mol. The van der Waals surface area contributed by atoms with E-state index in [0.717, 1.165) is 30.5 Å². The monoisotopic (exact) mass is 305 g/mol. The van der Waals surface area contributed by atoms with E-state index in [1.54, 1.807) is 18.4 Å². The summed E-state index contributed by atoms with van der Waals surface area (Å²) in [6.07, 6.45) is 0. The van der Waals surface area contributed by atoms with Crippen molar-refractivity contribution in [3.63, 3.8) is 0 Å². The maximum atomic E-state index is 5.02. The van der Waals surface area contributed by atoms with Crippen molar-refractivity contribution in [2.24, 2.45) is 0 Å². The number of nitrogens with zero attached hydrogens (tertiary/aromatic N) is 2. The molecule has 0 unspecified atom stereocenters. The van der Waals surface area contributed by atoms with E-state index in [-0.39, 0.29) is 0 Å². The lowest BCUT2D eigenvalue weighted by molar-refractivity contribution is 0.199. The second-order valence-electron chi connectivity index (χ2n) is 5.14. The summed E-state index contributed by atoms with van der Waals surface area (Å²) >= 11 is 1.67. The Bertz CT molecular complexity index is 583. The third-order valence-corrected chi connectivity index (χ3v) is 4.30. The molecule has 2 aromatic rings. The van der Waals surface area contributed by atoms with Crippen LogP contribution < -0.4 is 10.2 Å². The highest BCUT2D eigenvalue weighted by Gasteiger charge is 2.11. The molecule has 0 atom stereocenters. The van der Waals surface area contributed by atoms with Crippen LogP contribution in [0.15, 0.2) is 23.6 Å². The van der Waals surface area contributed by atoms with E-state index in [2.05, 4.69) is 59.7 Å². The zero-order valence-corrected chi connectivity index (χ0v) is 14.0. The molecule has 5 heteroatoms. The van der Waals surface area contributed by atoms with Crippen LogP contribution in [0.4, 0.5) is 10.8 Å². The van der Waals surface area contributed by atoms with E-state index in [1.807, 2.05) is 0 Å². The van der Waals surface area contributed by atoms with Crippen LogP contribution >= 0.6 is 11.3 Å². The lowest BCUT2D eigenvalue weighted by Crippen LogP contribution is -2.19. The quantitative estimate of drug-likeness (QED) is 0.797. The Morgan fingerprint density at radius 3 is 2.86 bits per heavy atom. The third-order valence-electron chi connectivity index (χ3n) is 3.33. The van der Waals surface area contributed by atoms with Crippen molar-refractivity contribution in [1.29, 1.82) is 0 Å². The molecule has 1 aromatic carbocycles. The van der Waals surface area contributed by atoms with Gasteiger partial charge in [-0.15, -0.1) is 11.3 Å². The Morgan fingerprint density at radius 1 is 1.33 bits per heavy atom. The van der Waals surface area contributed by atoms with Gasteiger partial charge < -0.3 is 15.0 Å². The molecule has 0 aliphatic heterocycles. The molecular weight excluding hydrogens is 282 g/mol. The van der Waals surface area contributed by atoms with Gasteiger partial charge in [0.05, 0.1) is 12.3 Å². The fraction of sp³-hybridized carbons (Fsp3) is 0.438. The number of hydrogen-bond donors (Lipinski definition) is 1. The second kappa shape index (κ2) is 7.54. The van der Waals surface area contributed by atoms with Crippen LogP contribution in [0.3, 0.4) is 0 Å². The number of thiazole rings is 1. The van der Waals surface area contributed by atoms with Gasteiger partial charge in [0, 0.05) is 38.3 Å². The van der Waals surface area contributed by atoms with Gasteiger partial charge in [-0.1, -0.05) is 17.7 Å². The van der Waals surface area contributed by atoms with Crippen LogP contribution in [0.2, 0.25) is 0 Å². The number of ether oxygens (including phenoxy) is 1. The molecule has 0 saturated carbocycles. The number of nitrogens with one attached hydrogen (secondary N) is 1. The number of methoxy groups -OCH3 is 1. The Kier molecular flexibility index (Phi) is 5.73. The summed E-state index contributed by atoms with van der Waals surface area (Å²) in [6.45, 7) is 6.60. The molecule has 0 fully saturated rings. The first-order valence-electron chi connectivity index (χ1n) is 7.07. The summed E-state index contributed by atoms with van der Waals surface area (Å²) < 4.78 is 5.02. The summed E-state index contributed by atoms with van der Waals surface area (Å²) in [5.41, 5.74) is 4.83. The van der Waals surface area contributed by atoms with Crippen molar-refractivity contribution in [3.05, 3.63) is 40.4 Å². The molecule has 21 heavy (non-hydrogen) atoms. The second-order valence-corrected chi connectivity index (χ2v) is 5.98. The van der Waals surface area contributed by atoms with Crippen molar-refractivity contribution in [2.45, 2.75) is 20.4 Å². The Labute approximate surface area is 130 Å². The molecule has 0 bridgehead atoms. The van der Waals surface area contributed by atoms with Crippen LogP contribution in [-0.4, -0.2) is 32.3 Å². The molecule has 4 nitrogen and oxygen atoms in total. The number of anilines is 2. The maximum Gasteiger partial charge on any atom is 0.189 e. The smallest absolute Gasteiger partial charge is 0.189 e. The fourth-order valence-electron chi connectivity index (χ4n) is 2.21. The van der Waals surface area contributed by atoms with Crippen LogP contribution in [0.5, 0.6) is 0 Å². The molecule has 114 valence electrons. The van der Waals surface area contributed by atoms with E-state index in [0.29, 0.717) is 0 Å². The normalized spacial score (nSPS) is 10.9. The molecular formula is C16H23N3OS. The van der Waals surface area contributed by atoms with Gasteiger partial charge in [-0.2, -0.15) is 0 Å². The number of hydrogen-bond acceptors (Lipinski definition) is 5. The molecule has 1 heterocycles. The van der Waals surface area contributed by atoms with E-state index in [1.165, 1.54) is 16.8 Å². The zero-order chi connectivity index (χ0) is 15.2. The molecule has 1 N–H and O–H groups in total. The van der Waals surface area contributed by atoms with Crippen molar-refractivity contribution in [1.82, 2.24) is 10.3 Å². The number of rotatable bonds is 7. The molecule has 1 aromatic heterocycles. The predicted molar refractivity (Wildman–Crippen MR) is 89.7 cm³/mol. The molecule has 0 radical (unpaired) electrons. The van der Waals surface area contributed by atoms with E-state index >= 15 is 0 Å². The SMILES string of the molecule is COCCNCc1csc(N(C)c2ccc(C)cc2C)n1. The van der Waals surface area contributed by atoms with Crippen molar-refractivity contribution < 1.29 is 4.74 Å². The Morgan fingerprint density at radius 2 is 2.14 bits per heavy atom. The van der Waals surface area contributed by atoms with Gasteiger partial charge in [0.2, 0.25) is 0 Å². The first-order chi connectivity index (χ1) is 10.1. The highest BCUT2D eigenvalue weighted by molar-refractivity contribution is 7.13. The molecule has 0 spiro atoms. The number of benzene rings is 1. The van der Waals surface area contributed by atoms with E-state index in [4.69, 9.17) is 4.74 Å². The lowest BCUT2D eigenvalue weighted by Gasteiger charge is -2.18. The van der Waals surface area contributed by atoms with Crippen molar-refractivity contribution in [3.8, 4) is 0 Å². The van der Waals surface area contributed by atoms with Crippen LogP contribution in [0.25, 0.3) is 0 Å². The average Bonchev–Trinajstić information content (AvgIpc) is 2.92. The number of aromatic nitrogens is 1. The summed E-state index contributed by atoms with van der Waals surface area (Å²) in [5.74, 6) is 0. The highest BCUT2D eigenvalue weighted by Crippen LogP contribution is 2.29. The van der Waals surface area contributed by atoms with Gasteiger partial charge in [-0.05, 0) is 25.5 Å². The highest BCUT2D eigenvalue weighted by atomic mass is 32.1. The minimum absolute atomic E-state index is 0.722. The van der Waals surface area contributed by atoms with Gasteiger partial charge in [-0.25, -0.2) is 4.98 Å². The first kappa shape index (κ1) is 15.9. The Balaban J connectivity index is 2.02. The van der Waals surface area contributed by atoms with Crippen LogP contribution in [0, 0.1) is 13.8 Å². The predicted octanol–water partition coefficient (Wildman–Crippen LogP) is 3.26. The standard InChI is InChI=1S/C16H23N3OS/c1-12-5-6-15(13(2)9-12)19(3)16-18-14(11-21-16)10-17-7-8-20-4/h5-6,9,11,17H,7-8,10H2,1-4H3. The maximum absolute atomic E-state index is 5.02. The molecule has 0 aliphatic rings. The van der Waals surface area contributed by atoms with Gasteiger partial charge in [0.1, 0.15) is 0 Å². The van der Waals surface area contributed by atoms with Gasteiger partial charge in [-0.3, -0.25) is 0 Å². The number of aryl methyl sites for hydroxylation is 2. The van der Waals surface area contributed by atoms with Gasteiger partial charge >= 0.3 is 0 Å². The van der Waals surface area contributed by atoms with Crippen molar-refractivity contribution in [2.75, 3.05) is 32.2 Å². The lowest BCUT2D eigenvalue weighted by atomic mass is 10.1. The zero-order valence-electron chi connectivity index (χ0n) is 13.1. The van der Waals surface area contributed by atoms with E-state index in [9.17, 15) is 0 Å². The summed E-state index contributed by atoms with van der Waals surface area (Å²) in [4.78, 5) is 6.84. The van der Waals surface area contributed by atoms with Crippen LogP contribution in [-0.2, 0) is 11.3 Å². The van der Waals surface area contributed by atoms with Gasteiger partial charge in [0.15, 0.2) is 5.13 Å².